The van der Waals surface area contributed by atoms with Crippen molar-refractivity contribution in [1.29, 1.82) is 0 Å². The third-order valence-electron chi connectivity index (χ3n) is 3.95. The number of rotatable bonds is 7. The summed E-state index contributed by atoms with van der Waals surface area (Å²) in [7, 11) is 2.23. The van der Waals surface area contributed by atoms with Crippen molar-refractivity contribution < 1.29 is 4.74 Å². The Morgan fingerprint density at radius 2 is 2.26 bits per heavy atom. The highest BCUT2D eigenvalue weighted by Gasteiger charge is 2.14. The quantitative estimate of drug-likeness (QED) is 0.831. The summed E-state index contributed by atoms with van der Waals surface area (Å²) in [5.74, 6) is 0. The van der Waals surface area contributed by atoms with E-state index in [9.17, 15) is 0 Å². The molecule has 3 nitrogen and oxygen atoms in total. The molecular weight excluding hydrogens is 256 g/mol. The van der Waals surface area contributed by atoms with Crippen LogP contribution in [0.25, 0.3) is 0 Å². The standard InChI is InChI=1S/C15H26N2OS/c1-13(12-15-4-3-11-19-15)17(2)8-7-16-14-5-9-18-10-6-14/h3-4,11,13-14,16H,5-10,12H2,1-2H3. The number of nitrogens with zero attached hydrogens (tertiary/aromatic N) is 1. The van der Waals surface area contributed by atoms with Gasteiger partial charge in [0, 0.05) is 43.3 Å². The minimum Gasteiger partial charge on any atom is -0.381 e. The zero-order valence-electron chi connectivity index (χ0n) is 12.1. The summed E-state index contributed by atoms with van der Waals surface area (Å²) in [6.07, 6.45) is 3.48. The molecule has 0 bridgehead atoms. The lowest BCUT2D eigenvalue weighted by Gasteiger charge is -2.27. The molecule has 1 unspecified atom stereocenters. The fourth-order valence-electron chi connectivity index (χ4n) is 2.44. The average Bonchev–Trinajstić information content (AvgIpc) is 2.92. The zero-order valence-corrected chi connectivity index (χ0v) is 12.9. The van der Waals surface area contributed by atoms with E-state index in [0.29, 0.717) is 12.1 Å². The third kappa shape index (κ3) is 5.22. The maximum atomic E-state index is 5.37. The van der Waals surface area contributed by atoms with E-state index in [2.05, 4.69) is 41.7 Å². The van der Waals surface area contributed by atoms with Gasteiger partial charge in [-0.25, -0.2) is 0 Å². The van der Waals surface area contributed by atoms with Crippen LogP contribution in [-0.2, 0) is 11.2 Å². The minimum absolute atomic E-state index is 0.607. The van der Waals surface area contributed by atoms with E-state index in [1.54, 1.807) is 0 Å². The number of likely N-dealkylation sites (N-methyl/N-ethyl adjacent to an activating group) is 1. The van der Waals surface area contributed by atoms with Crippen molar-refractivity contribution in [3.8, 4) is 0 Å². The molecule has 2 heterocycles. The second-order valence-electron chi connectivity index (χ2n) is 5.45. The van der Waals surface area contributed by atoms with Gasteiger partial charge in [-0.2, -0.15) is 0 Å². The summed E-state index contributed by atoms with van der Waals surface area (Å²) in [5, 5.41) is 5.81. The number of hydrogen-bond donors (Lipinski definition) is 1. The Hall–Kier alpha value is -0.420. The number of ether oxygens (including phenoxy) is 1. The van der Waals surface area contributed by atoms with E-state index < -0.39 is 0 Å². The number of nitrogens with one attached hydrogen (secondary N) is 1. The normalized spacial score (nSPS) is 18.9. The number of thiophene rings is 1. The predicted octanol–water partition coefficient (Wildman–Crippen LogP) is 2.38. The van der Waals surface area contributed by atoms with Crippen molar-refractivity contribution in [2.45, 2.75) is 38.3 Å². The molecule has 2 rings (SSSR count). The molecule has 108 valence electrons. The van der Waals surface area contributed by atoms with E-state index in [1.807, 2.05) is 11.3 Å². The third-order valence-corrected chi connectivity index (χ3v) is 4.85. The first-order valence-electron chi connectivity index (χ1n) is 7.29. The van der Waals surface area contributed by atoms with Gasteiger partial charge in [-0.1, -0.05) is 6.07 Å². The Kier molecular flexibility index (Phi) is 6.31. The second kappa shape index (κ2) is 8.00. The summed E-state index contributed by atoms with van der Waals surface area (Å²) in [5.41, 5.74) is 0. The molecule has 1 aromatic heterocycles. The van der Waals surface area contributed by atoms with Gasteiger partial charge in [0.25, 0.3) is 0 Å². The van der Waals surface area contributed by atoms with Crippen LogP contribution in [0.2, 0.25) is 0 Å². The summed E-state index contributed by atoms with van der Waals surface area (Å²) >= 11 is 1.86. The fourth-order valence-corrected chi connectivity index (χ4v) is 3.27. The van der Waals surface area contributed by atoms with Crippen LogP contribution in [0.3, 0.4) is 0 Å². The monoisotopic (exact) mass is 282 g/mol. The van der Waals surface area contributed by atoms with Gasteiger partial charge in [0.1, 0.15) is 0 Å². The Morgan fingerprint density at radius 1 is 1.47 bits per heavy atom. The molecule has 1 aromatic rings. The Labute approximate surface area is 121 Å². The van der Waals surface area contributed by atoms with Gasteiger partial charge in [-0.15, -0.1) is 11.3 Å². The molecule has 1 fully saturated rings. The molecule has 1 N–H and O–H groups in total. The first-order chi connectivity index (χ1) is 9.25. The first-order valence-corrected chi connectivity index (χ1v) is 8.17. The molecule has 1 saturated heterocycles. The van der Waals surface area contributed by atoms with E-state index in [-0.39, 0.29) is 0 Å². The van der Waals surface area contributed by atoms with Crippen LogP contribution >= 0.6 is 11.3 Å². The van der Waals surface area contributed by atoms with Crippen molar-refractivity contribution in [3.05, 3.63) is 22.4 Å². The molecule has 1 atom stereocenters. The Bertz CT molecular complexity index is 336. The summed E-state index contributed by atoms with van der Waals surface area (Å²) in [4.78, 5) is 3.93. The second-order valence-corrected chi connectivity index (χ2v) is 6.49. The molecule has 0 amide bonds. The molecule has 1 aliphatic rings. The molecule has 19 heavy (non-hydrogen) atoms. The van der Waals surface area contributed by atoms with E-state index >= 15 is 0 Å². The molecule has 0 saturated carbocycles. The van der Waals surface area contributed by atoms with Crippen LogP contribution in [0.5, 0.6) is 0 Å². The van der Waals surface area contributed by atoms with Crippen molar-refractivity contribution >= 4 is 11.3 Å². The molecule has 0 radical (unpaired) electrons. The van der Waals surface area contributed by atoms with Gasteiger partial charge in [-0.3, -0.25) is 0 Å². The van der Waals surface area contributed by atoms with Crippen LogP contribution in [0.1, 0.15) is 24.6 Å². The molecule has 0 spiro atoms. The van der Waals surface area contributed by atoms with Crippen molar-refractivity contribution in [2.75, 3.05) is 33.4 Å². The predicted molar refractivity (Wildman–Crippen MR) is 82.0 cm³/mol. The molecule has 0 aliphatic carbocycles. The van der Waals surface area contributed by atoms with Gasteiger partial charge in [0.05, 0.1) is 0 Å². The van der Waals surface area contributed by atoms with Crippen LogP contribution in [-0.4, -0.2) is 50.3 Å². The largest absolute Gasteiger partial charge is 0.381 e. The SMILES string of the molecule is CC(Cc1cccs1)N(C)CCNC1CCOCC1. The van der Waals surface area contributed by atoms with Gasteiger partial charge in [-0.05, 0) is 44.7 Å². The minimum atomic E-state index is 0.607. The van der Waals surface area contributed by atoms with Crippen LogP contribution in [0, 0.1) is 0 Å². The van der Waals surface area contributed by atoms with E-state index in [1.165, 1.54) is 4.88 Å². The summed E-state index contributed by atoms with van der Waals surface area (Å²) in [6, 6.07) is 5.64. The fraction of sp³-hybridized carbons (Fsp3) is 0.733. The molecule has 4 heteroatoms. The molecule has 0 aromatic carbocycles. The highest BCUT2D eigenvalue weighted by atomic mass is 32.1. The lowest BCUT2D eigenvalue weighted by atomic mass is 10.1. The Balaban J connectivity index is 1.61. The summed E-state index contributed by atoms with van der Waals surface area (Å²) < 4.78 is 5.37. The van der Waals surface area contributed by atoms with Gasteiger partial charge in [0.15, 0.2) is 0 Å². The van der Waals surface area contributed by atoms with Crippen LogP contribution in [0.15, 0.2) is 17.5 Å². The maximum Gasteiger partial charge on any atom is 0.0480 e. The molecular formula is C15H26N2OS. The molecule has 1 aliphatic heterocycles. The van der Waals surface area contributed by atoms with Gasteiger partial charge in [0.2, 0.25) is 0 Å². The highest BCUT2D eigenvalue weighted by Crippen LogP contribution is 2.13. The van der Waals surface area contributed by atoms with Crippen molar-refractivity contribution in [1.82, 2.24) is 10.2 Å². The van der Waals surface area contributed by atoms with Crippen LogP contribution in [0.4, 0.5) is 0 Å². The van der Waals surface area contributed by atoms with Crippen LogP contribution < -0.4 is 5.32 Å². The first kappa shape index (κ1) is 15.0. The Morgan fingerprint density at radius 3 is 2.95 bits per heavy atom. The lowest BCUT2D eigenvalue weighted by molar-refractivity contribution is 0.0771. The summed E-state index contributed by atoms with van der Waals surface area (Å²) in [6.45, 7) is 6.35. The zero-order chi connectivity index (χ0) is 13.5. The average molecular weight is 282 g/mol. The maximum absolute atomic E-state index is 5.37. The van der Waals surface area contributed by atoms with Gasteiger partial charge >= 0.3 is 0 Å². The topological polar surface area (TPSA) is 24.5 Å². The van der Waals surface area contributed by atoms with Crippen molar-refractivity contribution in [2.24, 2.45) is 0 Å². The smallest absolute Gasteiger partial charge is 0.0480 e. The van der Waals surface area contributed by atoms with E-state index in [0.717, 1.165) is 45.6 Å². The highest BCUT2D eigenvalue weighted by molar-refractivity contribution is 7.09. The van der Waals surface area contributed by atoms with Crippen molar-refractivity contribution in [3.63, 3.8) is 0 Å². The lowest BCUT2D eigenvalue weighted by Crippen LogP contribution is -2.41. The van der Waals surface area contributed by atoms with E-state index in [4.69, 9.17) is 4.74 Å². The van der Waals surface area contributed by atoms with Gasteiger partial charge < -0.3 is 15.0 Å². The number of hydrogen-bond acceptors (Lipinski definition) is 4.